The summed E-state index contributed by atoms with van der Waals surface area (Å²) in [5, 5.41) is 0. The summed E-state index contributed by atoms with van der Waals surface area (Å²) < 4.78 is 43.0. The molecule has 0 bridgehead atoms. The van der Waals surface area contributed by atoms with E-state index >= 15 is 0 Å². The second kappa shape index (κ2) is 9.05. The molecule has 0 N–H and O–H groups in total. The summed E-state index contributed by atoms with van der Waals surface area (Å²) in [4.78, 5) is 11.8. The molecule has 0 aliphatic rings. The van der Waals surface area contributed by atoms with Gasteiger partial charge in [-0.05, 0) is 52.0 Å². The van der Waals surface area contributed by atoms with Gasteiger partial charge >= 0.3 is 5.97 Å². The van der Waals surface area contributed by atoms with Gasteiger partial charge in [0.1, 0.15) is 11.5 Å². The van der Waals surface area contributed by atoms with Crippen molar-refractivity contribution in [2.75, 3.05) is 19.5 Å². The fraction of sp³-hybridized carbons (Fsp3) is 0.588. The van der Waals surface area contributed by atoms with Crippen LogP contribution in [0.4, 0.5) is 0 Å². The van der Waals surface area contributed by atoms with E-state index in [0.29, 0.717) is 31.1 Å². The Morgan fingerprint density at radius 2 is 1.72 bits per heavy atom. The van der Waals surface area contributed by atoms with Crippen LogP contribution in [0.2, 0.25) is 0 Å². The highest BCUT2D eigenvalue weighted by Crippen LogP contribution is 2.23. The molecule has 1 unspecified atom stereocenters. The standard InChI is InChI=1S/C17H26O7S/c1-6-21-16(18)17(3,4)23-15-9-7-14(8-10-15)22-12-11-13(2)24-25(5,19)20/h7-10,13H,6,11-12H2,1-5H3. The highest BCUT2D eigenvalue weighted by Gasteiger charge is 2.31. The smallest absolute Gasteiger partial charge is 0.349 e. The molecule has 0 saturated carbocycles. The van der Waals surface area contributed by atoms with Gasteiger partial charge in [-0.2, -0.15) is 8.42 Å². The lowest BCUT2D eigenvalue weighted by Gasteiger charge is -2.24. The van der Waals surface area contributed by atoms with Gasteiger partial charge in [-0.3, -0.25) is 4.18 Å². The molecule has 0 radical (unpaired) electrons. The minimum Gasteiger partial charge on any atom is -0.493 e. The summed E-state index contributed by atoms with van der Waals surface area (Å²) in [7, 11) is -3.46. The molecule has 0 spiro atoms. The minimum atomic E-state index is -3.46. The van der Waals surface area contributed by atoms with Crippen molar-refractivity contribution in [3.8, 4) is 11.5 Å². The Balaban J connectivity index is 2.50. The van der Waals surface area contributed by atoms with Gasteiger partial charge in [-0.25, -0.2) is 4.79 Å². The third-order valence-electron chi connectivity index (χ3n) is 3.10. The van der Waals surface area contributed by atoms with Gasteiger partial charge in [0.15, 0.2) is 5.60 Å². The van der Waals surface area contributed by atoms with E-state index in [-0.39, 0.29) is 0 Å². The topological polar surface area (TPSA) is 88.1 Å². The van der Waals surface area contributed by atoms with Crippen LogP contribution in [-0.2, 0) is 23.8 Å². The first-order valence-corrected chi connectivity index (χ1v) is 9.82. The van der Waals surface area contributed by atoms with E-state index in [9.17, 15) is 13.2 Å². The lowest BCUT2D eigenvalue weighted by molar-refractivity contribution is -0.158. The Hall–Kier alpha value is -1.80. The third-order valence-corrected chi connectivity index (χ3v) is 3.77. The number of esters is 1. The summed E-state index contributed by atoms with van der Waals surface area (Å²) in [6, 6.07) is 6.79. The van der Waals surface area contributed by atoms with Crippen LogP contribution in [0.25, 0.3) is 0 Å². The molecule has 1 aromatic carbocycles. The first-order chi connectivity index (χ1) is 11.5. The summed E-state index contributed by atoms with van der Waals surface area (Å²) in [6.07, 6.45) is 0.991. The fourth-order valence-corrected chi connectivity index (χ4v) is 2.63. The van der Waals surface area contributed by atoms with Crippen molar-refractivity contribution >= 4 is 16.1 Å². The van der Waals surface area contributed by atoms with Crippen molar-refractivity contribution in [3.05, 3.63) is 24.3 Å². The van der Waals surface area contributed by atoms with Crippen LogP contribution < -0.4 is 9.47 Å². The molecule has 0 saturated heterocycles. The Labute approximate surface area is 149 Å². The van der Waals surface area contributed by atoms with Crippen LogP contribution in [0.3, 0.4) is 0 Å². The molecule has 0 aromatic heterocycles. The van der Waals surface area contributed by atoms with Crippen LogP contribution in [0, 0.1) is 0 Å². The van der Waals surface area contributed by atoms with Crippen LogP contribution in [-0.4, -0.2) is 45.6 Å². The van der Waals surface area contributed by atoms with Crippen molar-refractivity contribution in [3.63, 3.8) is 0 Å². The van der Waals surface area contributed by atoms with Crippen molar-refractivity contribution in [1.82, 2.24) is 0 Å². The Morgan fingerprint density at radius 3 is 2.24 bits per heavy atom. The van der Waals surface area contributed by atoms with E-state index in [0.717, 1.165) is 6.26 Å². The lowest BCUT2D eigenvalue weighted by Crippen LogP contribution is -2.39. The maximum absolute atomic E-state index is 11.8. The van der Waals surface area contributed by atoms with E-state index in [1.165, 1.54) is 0 Å². The van der Waals surface area contributed by atoms with Crippen LogP contribution >= 0.6 is 0 Å². The van der Waals surface area contributed by atoms with Crippen molar-refractivity contribution in [2.24, 2.45) is 0 Å². The summed E-state index contributed by atoms with van der Waals surface area (Å²) in [5.74, 6) is 0.683. The predicted molar refractivity (Wildman–Crippen MR) is 93.3 cm³/mol. The second-order valence-electron chi connectivity index (χ2n) is 6.05. The molecule has 0 heterocycles. The second-order valence-corrected chi connectivity index (χ2v) is 7.65. The van der Waals surface area contributed by atoms with Gasteiger partial charge in [-0.1, -0.05) is 0 Å². The van der Waals surface area contributed by atoms with Gasteiger partial charge in [-0.15, -0.1) is 0 Å². The van der Waals surface area contributed by atoms with Crippen molar-refractivity contribution in [2.45, 2.75) is 45.8 Å². The van der Waals surface area contributed by atoms with E-state index in [2.05, 4.69) is 0 Å². The third kappa shape index (κ3) is 8.22. The van der Waals surface area contributed by atoms with Crippen molar-refractivity contribution < 1.29 is 31.6 Å². The van der Waals surface area contributed by atoms with Crippen molar-refractivity contribution in [1.29, 1.82) is 0 Å². The first-order valence-electron chi connectivity index (χ1n) is 8.01. The molecule has 1 aromatic rings. The average Bonchev–Trinajstić information content (AvgIpc) is 2.47. The first kappa shape index (κ1) is 21.2. The zero-order valence-corrected chi connectivity index (χ0v) is 16.1. The number of hydrogen-bond acceptors (Lipinski definition) is 7. The minimum absolute atomic E-state index is 0.292. The number of ether oxygens (including phenoxy) is 3. The molecule has 8 heteroatoms. The molecule has 0 amide bonds. The van der Waals surface area contributed by atoms with Gasteiger partial charge in [0, 0.05) is 6.42 Å². The number of rotatable bonds is 10. The zero-order valence-electron chi connectivity index (χ0n) is 15.3. The summed E-state index contributed by atoms with van der Waals surface area (Å²) in [6.45, 7) is 7.28. The Morgan fingerprint density at radius 1 is 1.16 bits per heavy atom. The number of benzene rings is 1. The fourth-order valence-electron chi connectivity index (χ4n) is 1.93. The molecule has 1 rings (SSSR count). The van der Waals surface area contributed by atoms with Crippen LogP contribution in [0.1, 0.15) is 34.1 Å². The van der Waals surface area contributed by atoms with Crippen LogP contribution in [0.5, 0.6) is 11.5 Å². The van der Waals surface area contributed by atoms with E-state index in [4.69, 9.17) is 18.4 Å². The molecule has 0 fully saturated rings. The normalized spacial score (nSPS) is 13.2. The molecule has 142 valence electrons. The Bertz CT molecular complexity index is 650. The zero-order chi connectivity index (χ0) is 19.1. The summed E-state index contributed by atoms with van der Waals surface area (Å²) >= 11 is 0. The number of carbonyl (C=O) groups excluding carboxylic acids is 1. The molecular formula is C17H26O7S. The Kier molecular flexibility index (Phi) is 7.69. The van der Waals surface area contributed by atoms with Crippen LogP contribution in [0.15, 0.2) is 24.3 Å². The van der Waals surface area contributed by atoms with E-state index in [1.807, 2.05) is 0 Å². The average molecular weight is 374 g/mol. The van der Waals surface area contributed by atoms with Gasteiger partial charge in [0.2, 0.25) is 0 Å². The molecule has 0 aliphatic heterocycles. The highest BCUT2D eigenvalue weighted by atomic mass is 32.2. The highest BCUT2D eigenvalue weighted by molar-refractivity contribution is 7.86. The van der Waals surface area contributed by atoms with Gasteiger partial charge in [0.25, 0.3) is 10.1 Å². The van der Waals surface area contributed by atoms with Gasteiger partial charge in [0.05, 0.1) is 25.6 Å². The SMILES string of the molecule is CCOC(=O)C(C)(C)Oc1ccc(OCCC(C)OS(C)(=O)=O)cc1. The maximum Gasteiger partial charge on any atom is 0.349 e. The molecular weight excluding hydrogens is 348 g/mol. The monoisotopic (exact) mass is 374 g/mol. The lowest BCUT2D eigenvalue weighted by atomic mass is 10.1. The summed E-state index contributed by atoms with van der Waals surface area (Å²) in [5.41, 5.74) is -1.09. The molecule has 0 aliphatic carbocycles. The maximum atomic E-state index is 11.8. The molecule has 25 heavy (non-hydrogen) atoms. The number of carbonyl (C=O) groups is 1. The molecule has 1 atom stereocenters. The predicted octanol–water partition coefficient (Wildman–Crippen LogP) is 2.54. The molecule has 7 nitrogen and oxygen atoms in total. The number of hydrogen-bond donors (Lipinski definition) is 0. The van der Waals surface area contributed by atoms with E-state index in [1.54, 1.807) is 52.0 Å². The van der Waals surface area contributed by atoms with E-state index < -0.39 is 27.8 Å². The largest absolute Gasteiger partial charge is 0.493 e. The quantitative estimate of drug-likeness (QED) is 0.459. The van der Waals surface area contributed by atoms with Gasteiger partial charge < -0.3 is 14.2 Å².